The van der Waals surface area contributed by atoms with E-state index in [2.05, 4.69) is 10.2 Å². The maximum Gasteiger partial charge on any atom is 0.313 e. The van der Waals surface area contributed by atoms with Crippen molar-refractivity contribution in [1.82, 2.24) is 9.80 Å². The zero-order valence-electron chi connectivity index (χ0n) is 16.2. The van der Waals surface area contributed by atoms with E-state index in [0.29, 0.717) is 31.9 Å². The molecule has 0 aliphatic carbocycles. The predicted molar refractivity (Wildman–Crippen MR) is 111 cm³/mol. The van der Waals surface area contributed by atoms with Gasteiger partial charge in [0.05, 0.1) is 0 Å². The van der Waals surface area contributed by atoms with E-state index in [4.69, 9.17) is 14.7 Å². The number of amides is 2. The lowest BCUT2D eigenvalue weighted by molar-refractivity contribution is -0.144. The molecule has 0 aromatic heterocycles. The van der Waals surface area contributed by atoms with Crippen LogP contribution >= 0.6 is 11.8 Å². The van der Waals surface area contributed by atoms with Crippen LogP contribution < -0.4 is 14.8 Å². The topological polar surface area (TPSA) is 94.9 Å². The van der Waals surface area contributed by atoms with Crippen molar-refractivity contribution < 1.29 is 19.1 Å². The maximum atomic E-state index is 12.5. The lowest BCUT2D eigenvalue weighted by Gasteiger charge is -2.34. The molecule has 0 atom stereocenters. The van der Waals surface area contributed by atoms with Crippen LogP contribution in [0, 0.1) is 10.7 Å². The molecule has 1 fully saturated rings. The summed E-state index contributed by atoms with van der Waals surface area (Å²) >= 11 is 1.04. The average molecular weight is 424 g/mol. The van der Waals surface area contributed by atoms with Crippen LogP contribution in [0.3, 0.4) is 0 Å². The van der Waals surface area contributed by atoms with Crippen molar-refractivity contribution in [3.05, 3.63) is 48.0 Å². The lowest BCUT2D eigenvalue weighted by Crippen LogP contribution is -2.51. The van der Waals surface area contributed by atoms with E-state index in [1.54, 1.807) is 29.2 Å². The molecule has 154 valence electrons. The van der Waals surface area contributed by atoms with Gasteiger partial charge < -0.3 is 19.7 Å². The fourth-order valence-electron chi connectivity index (χ4n) is 3.39. The summed E-state index contributed by atoms with van der Waals surface area (Å²) in [5.74, 6) is 0.337. The summed E-state index contributed by atoms with van der Waals surface area (Å²) in [6.45, 7) is 3.37. The number of nitriles is 1. The summed E-state index contributed by atoms with van der Waals surface area (Å²) in [7, 11) is 0. The highest BCUT2D eigenvalue weighted by Gasteiger charge is 2.26. The molecule has 2 heterocycles. The van der Waals surface area contributed by atoms with Crippen LogP contribution in [-0.2, 0) is 16.1 Å². The third kappa shape index (κ3) is 4.67. The number of nitrogens with one attached hydrogen (secondary N) is 1. The molecule has 9 heteroatoms. The van der Waals surface area contributed by atoms with E-state index in [9.17, 15) is 9.59 Å². The summed E-state index contributed by atoms with van der Waals surface area (Å²) < 4.78 is 10.8. The largest absolute Gasteiger partial charge is 0.454 e. The molecule has 0 bridgehead atoms. The Kier molecular flexibility index (Phi) is 6.07. The normalized spacial score (nSPS) is 15.5. The van der Waals surface area contributed by atoms with E-state index in [0.717, 1.165) is 40.3 Å². The standard InChI is InChI=1S/C21H20N4O4S/c22-13-30-17-4-2-16(3-5-17)23-20(26)21(27)25-9-7-24(8-10-25)12-15-1-6-18-19(11-15)29-14-28-18/h1-6,11H,7-10,12,14H2,(H,23,26). The molecule has 30 heavy (non-hydrogen) atoms. The minimum atomic E-state index is -0.653. The molecule has 2 aromatic rings. The van der Waals surface area contributed by atoms with Crippen molar-refractivity contribution >= 4 is 29.3 Å². The fraction of sp³-hybridized carbons (Fsp3) is 0.286. The van der Waals surface area contributed by atoms with Crippen molar-refractivity contribution in [3.8, 4) is 16.9 Å². The number of nitrogens with zero attached hydrogens (tertiary/aromatic N) is 3. The smallest absolute Gasteiger partial charge is 0.313 e. The van der Waals surface area contributed by atoms with E-state index < -0.39 is 11.8 Å². The number of hydrogen-bond acceptors (Lipinski definition) is 7. The minimum Gasteiger partial charge on any atom is -0.454 e. The van der Waals surface area contributed by atoms with Gasteiger partial charge in [-0.05, 0) is 53.7 Å². The number of ether oxygens (including phenoxy) is 2. The van der Waals surface area contributed by atoms with Crippen LogP contribution in [0.25, 0.3) is 0 Å². The second-order valence-corrected chi connectivity index (χ2v) is 7.79. The Morgan fingerprint density at radius 2 is 1.77 bits per heavy atom. The van der Waals surface area contributed by atoms with Gasteiger partial charge in [0.25, 0.3) is 0 Å². The highest BCUT2D eigenvalue weighted by Crippen LogP contribution is 2.32. The SMILES string of the molecule is N#CSc1ccc(NC(=O)C(=O)N2CCN(Cc3ccc4c(c3)OCO4)CC2)cc1. The molecule has 8 nitrogen and oxygen atoms in total. The van der Waals surface area contributed by atoms with Crippen LogP contribution in [-0.4, -0.2) is 54.6 Å². The third-order valence-electron chi connectivity index (χ3n) is 4.97. The zero-order chi connectivity index (χ0) is 20.9. The summed E-state index contributed by atoms with van der Waals surface area (Å²) in [5, 5.41) is 13.3. The summed E-state index contributed by atoms with van der Waals surface area (Å²) in [5.41, 5.74) is 1.65. The first-order valence-electron chi connectivity index (χ1n) is 9.49. The molecule has 2 amide bonds. The van der Waals surface area contributed by atoms with E-state index in [-0.39, 0.29) is 6.79 Å². The van der Waals surface area contributed by atoms with E-state index in [1.165, 1.54) is 0 Å². The van der Waals surface area contributed by atoms with Gasteiger partial charge in [0.2, 0.25) is 6.79 Å². The number of carbonyl (C=O) groups is 2. The van der Waals surface area contributed by atoms with Crippen molar-refractivity contribution in [1.29, 1.82) is 5.26 Å². The van der Waals surface area contributed by atoms with E-state index >= 15 is 0 Å². The van der Waals surface area contributed by atoms with Crippen LogP contribution in [0.5, 0.6) is 11.5 Å². The summed E-state index contributed by atoms with van der Waals surface area (Å²) in [4.78, 5) is 29.4. The van der Waals surface area contributed by atoms with Gasteiger partial charge in [0.15, 0.2) is 11.5 Å². The Hall–Kier alpha value is -3.22. The Balaban J connectivity index is 1.26. The summed E-state index contributed by atoms with van der Waals surface area (Å²) in [6.07, 6.45) is 0. The number of benzene rings is 2. The molecule has 0 spiro atoms. The molecule has 0 unspecified atom stereocenters. The van der Waals surface area contributed by atoms with Crippen LogP contribution in [0.1, 0.15) is 5.56 Å². The zero-order valence-corrected chi connectivity index (χ0v) is 17.0. The van der Waals surface area contributed by atoms with Crippen molar-refractivity contribution in [2.75, 3.05) is 38.3 Å². The van der Waals surface area contributed by atoms with E-state index in [1.807, 2.05) is 23.6 Å². The number of piperazine rings is 1. The molecule has 2 aromatic carbocycles. The first-order chi connectivity index (χ1) is 14.6. The van der Waals surface area contributed by atoms with Crippen LogP contribution in [0.4, 0.5) is 5.69 Å². The Morgan fingerprint density at radius 1 is 1.03 bits per heavy atom. The van der Waals surface area contributed by atoms with Crippen molar-refractivity contribution in [2.24, 2.45) is 0 Å². The van der Waals surface area contributed by atoms with Crippen molar-refractivity contribution in [3.63, 3.8) is 0 Å². The monoisotopic (exact) mass is 424 g/mol. The number of rotatable bonds is 4. The maximum absolute atomic E-state index is 12.5. The Bertz CT molecular complexity index is 981. The number of thioether (sulfide) groups is 1. The lowest BCUT2D eigenvalue weighted by atomic mass is 10.1. The highest BCUT2D eigenvalue weighted by atomic mass is 32.2. The molecular formula is C21H20N4O4S. The number of carbonyl (C=O) groups excluding carboxylic acids is 2. The van der Waals surface area contributed by atoms with Gasteiger partial charge in [-0.1, -0.05) is 6.07 Å². The number of thiocyanates is 1. The first-order valence-corrected chi connectivity index (χ1v) is 10.3. The van der Waals surface area contributed by atoms with Gasteiger partial charge in [0, 0.05) is 43.3 Å². The van der Waals surface area contributed by atoms with Gasteiger partial charge >= 0.3 is 11.8 Å². The molecule has 2 aliphatic heterocycles. The highest BCUT2D eigenvalue weighted by molar-refractivity contribution is 8.03. The first kappa shape index (κ1) is 20.1. The van der Waals surface area contributed by atoms with Gasteiger partial charge in [-0.25, -0.2) is 0 Å². The number of anilines is 1. The van der Waals surface area contributed by atoms with Crippen molar-refractivity contribution in [2.45, 2.75) is 11.4 Å². The molecule has 0 radical (unpaired) electrons. The van der Waals surface area contributed by atoms with Crippen LogP contribution in [0.2, 0.25) is 0 Å². The predicted octanol–water partition coefficient (Wildman–Crippen LogP) is 2.27. The van der Waals surface area contributed by atoms with Gasteiger partial charge in [-0.3, -0.25) is 14.5 Å². The summed E-state index contributed by atoms with van der Waals surface area (Å²) in [6, 6.07) is 12.7. The molecular weight excluding hydrogens is 404 g/mol. The third-order valence-corrected chi connectivity index (χ3v) is 5.57. The second-order valence-electron chi connectivity index (χ2n) is 6.93. The average Bonchev–Trinajstić information content (AvgIpc) is 3.23. The second kappa shape index (κ2) is 9.07. The minimum absolute atomic E-state index is 0.255. The Labute approximate surface area is 178 Å². The van der Waals surface area contributed by atoms with Gasteiger partial charge in [-0.15, -0.1) is 0 Å². The molecule has 1 N–H and O–H groups in total. The van der Waals surface area contributed by atoms with Gasteiger partial charge in [-0.2, -0.15) is 5.26 Å². The van der Waals surface area contributed by atoms with Crippen LogP contribution in [0.15, 0.2) is 47.4 Å². The molecule has 4 rings (SSSR count). The Morgan fingerprint density at radius 3 is 2.50 bits per heavy atom. The molecule has 1 saturated heterocycles. The molecule has 2 aliphatic rings. The number of hydrogen-bond donors (Lipinski definition) is 1. The quantitative estimate of drug-likeness (QED) is 0.457. The fourth-order valence-corrected chi connectivity index (χ4v) is 3.77. The molecule has 0 saturated carbocycles. The van der Waals surface area contributed by atoms with Gasteiger partial charge in [0.1, 0.15) is 5.40 Å². The number of fused-ring (bicyclic) bond motifs is 1.